The highest BCUT2D eigenvalue weighted by atomic mass is 19.0. The quantitative estimate of drug-likeness (QED) is 0.467. The van der Waals surface area contributed by atoms with Gasteiger partial charge >= 0.3 is 0 Å². The summed E-state index contributed by atoms with van der Waals surface area (Å²) in [6.45, 7) is 4.99. The van der Waals surface area contributed by atoms with Crippen molar-refractivity contribution in [2.24, 2.45) is 11.8 Å². The normalized spacial score (nSPS) is 40.0. The molecule has 2 aliphatic rings. The van der Waals surface area contributed by atoms with Crippen LogP contribution in [-0.4, -0.2) is 26.2 Å². The fourth-order valence-corrected chi connectivity index (χ4v) is 1.72. The van der Waals surface area contributed by atoms with Crippen LogP contribution >= 0.6 is 0 Å². The molecule has 0 amide bonds. The molecule has 0 aromatic heterocycles. The first kappa shape index (κ1) is 6.96. The van der Waals surface area contributed by atoms with Crippen LogP contribution < -0.4 is 10.6 Å². The van der Waals surface area contributed by atoms with Crippen LogP contribution in [0.5, 0.6) is 0 Å². The van der Waals surface area contributed by atoms with Crippen molar-refractivity contribution in [2.45, 2.75) is 0 Å². The highest BCUT2D eigenvalue weighted by molar-refractivity contribution is 4.88. The molecule has 0 saturated carbocycles. The van der Waals surface area contributed by atoms with Crippen molar-refractivity contribution in [1.82, 2.24) is 10.6 Å². The molecule has 0 radical (unpaired) electrons. The summed E-state index contributed by atoms with van der Waals surface area (Å²) in [6, 6.07) is 0. The Kier molecular flexibility index (Phi) is 2.03. The minimum Gasteiger partial charge on any atom is -0.316 e. The van der Waals surface area contributed by atoms with Crippen molar-refractivity contribution in [3.05, 3.63) is 0 Å². The van der Waals surface area contributed by atoms with Gasteiger partial charge in [-0.1, -0.05) is 0 Å². The maximum absolute atomic E-state index is 3.38. The number of halogens is 1. The minimum absolute atomic E-state index is 0. The van der Waals surface area contributed by atoms with Crippen molar-refractivity contribution in [2.75, 3.05) is 26.2 Å². The number of hydrogen-bond donors (Lipinski definition) is 2. The summed E-state index contributed by atoms with van der Waals surface area (Å²) in [6.07, 6.45) is 0. The molecule has 2 nitrogen and oxygen atoms in total. The zero-order chi connectivity index (χ0) is 5.40. The van der Waals surface area contributed by atoms with E-state index in [4.69, 9.17) is 0 Å². The maximum Gasteiger partial charge on any atom is -0.000463 e. The Morgan fingerprint density at radius 1 is 0.778 bits per heavy atom. The second-order valence-electron chi connectivity index (χ2n) is 2.84. The van der Waals surface area contributed by atoms with Gasteiger partial charge in [0.05, 0.1) is 0 Å². The van der Waals surface area contributed by atoms with Crippen LogP contribution in [0.15, 0.2) is 0 Å². The maximum atomic E-state index is 3.38. The fourth-order valence-electron chi connectivity index (χ4n) is 1.72. The molecular weight excluding hydrogens is 119 g/mol. The topological polar surface area (TPSA) is 24.1 Å². The summed E-state index contributed by atoms with van der Waals surface area (Å²) in [4.78, 5) is 0. The molecule has 54 valence electrons. The molecule has 0 spiro atoms. The Morgan fingerprint density at radius 3 is 1.44 bits per heavy atom. The molecule has 0 aliphatic carbocycles. The van der Waals surface area contributed by atoms with Gasteiger partial charge in [-0.3, -0.25) is 4.70 Å². The lowest BCUT2D eigenvalue weighted by Gasteiger charge is -2.01. The summed E-state index contributed by atoms with van der Waals surface area (Å²) in [7, 11) is 0. The van der Waals surface area contributed by atoms with Crippen molar-refractivity contribution in [1.29, 1.82) is 0 Å². The molecule has 3 heteroatoms. The summed E-state index contributed by atoms with van der Waals surface area (Å²) in [5.41, 5.74) is 0. The molecule has 0 bridgehead atoms. The van der Waals surface area contributed by atoms with E-state index in [0.717, 1.165) is 11.8 Å². The van der Waals surface area contributed by atoms with Crippen molar-refractivity contribution in [3.63, 3.8) is 0 Å². The SMILES string of the molecule is C1NCC2CNCC12.F. The molecule has 2 aliphatic heterocycles. The van der Waals surface area contributed by atoms with Gasteiger partial charge in [0, 0.05) is 0 Å². The van der Waals surface area contributed by atoms with Gasteiger partial charge in [-0.25, -0.2) is 0 Å². The number of hydrogen-bond acceptors (Lipinski definition) is 2. The van der Waals surface area contributed by atoms with Gasteiger partial charge in [0.25, 0.3) is 0 Å². The van der Waals surface area contributed by atoms with Crippen LogP contribution in [0.3, 0.4) is 0 Å². The Labute approximate surface area is 54.4 Å². The average Bonchev–Trinajstić information content (AvgIpc) is 2.15. The molecule has 2 fully saturated rings. The van der Waals surface area contributed by atoms with Crippen LogP contribution in [0.1, 0.15) is 0 Å². The monoisotopic (exact) mass is 132 g/mol. The number of fused-ring (bicyclic) bond motifs is 1. The van der Waals surface area contributed by atoms with Gasteiger partial charge in [0.1, 0.15) is 0 Å². The van der Waals surface area contributed by atoms with Gasteiger partial charge < -0.3 is 10.6 Å². The van der Waals surface area contributed by atoms with E-state index >= 15 is 0 Å². The van der Waals surface area contributed by atoms with Crippen LogP contribution in [0, 0.1) is 11.8 Å². The average molecular weight is 132 g/mol. The van der Waals surface area contributed by atoms with Gasteiger partial charge in [0.2, 0.25) is 0 Å². The smallest absolute Gasteiger partial charge is 0.000463 e. The fraction of sp³-hybridized carbons (Fsp3) is 1.00. The van der Waals surface area contributed by atoms with Crippen LogP contribution in [0.4, 0.5) is 4.70 Å². The summed E-state index contributed by atoms with van der Waals surface area (Å²) < 4.78 is 0. The lowest BCUT2D eigenvalue weighted by Crippen LogP contribution is -2.19. The predicted molar refractivity (Wildman–Crippen MR) is 35.2 cm³/mol. The Bertz CT molecular complexity index is 77.1. The third kappa shape index (κ3) is 1.07. The molecule has 0 aromatic carbocycles. The number of rotatable bonds is 0. The van der Waals surface area contributed by atoms with Gasteiger partial charge in [-0.2, -0.15) is 0 Å². The van der Waals surface area contributed by atoms with Crippen molar-refractivity contribution < 1.29 is 4.70 Å². The molecular formula is C6H13FN2. The van der Waals surface area contributed by atoms with Crippen LogP contribution in [0.25, 0.3) is 0 Å². The zero-order valence-electron chi connectivity index (χ0n) is 5.39. The van der Waals surface area contributed by atoms with E-state index in [1.54, 1.807) is 0 Å². The highest BCUT2D eigenvalue weighted by Crippen LogP contribution is 2.19. The van der Waals surface area contributed by atoms with E-state index in [1.807, 2.05) is 0 Å². The van der Waals surface area contributed by atoms with E-state index < -0.39 is 0 Å². The molecule has 0 unspecified atom stereocenters. The summed E-state index contributed by atoms with van der Waals surface area (Å²) in [5.74, 6) is 1.91. The molecule has 2 rings (SSSR count). The Morgan fingerprint density at radius 2 is 1.11 bits per heavy atom. The molecule has 2 heterocycles. The van der Waals surface area contributed by atoms with E-state index in [9.17, 15) is 0 Å². The molecule has 2 N–H and O–H groups in total. The van der Waals surface area contributed by atoms with E-state index in [-0.39, 0.29) is 4.70 Å². The Balaban J connectivity index is 0.000000405. The first-order valence-corrected chi connectivity index (χ1v) is 3.38. The Hall–Kier alpha value is -0.150. The molecule has 2 saturated heterocycles. The van der Waals surface area contributed by atoms with Crippen molar-refractivity contribution in [3.8, 4) is 0 Å². The van der Waals surface area contributed by atoms with Gasteiger partial charge in [-0.15, -0.1) is 0 Å². The van der Waals surface area contributed by atoms with Crippen LogP contribution in [0.2, 0.25) is 0 Å². The first-order chi connectivity index (χ1) is 3.97. The lowest BCUT2D eigenvalue weighted by atomic mass is 10.0. The predicted octanol–water partition coefficient (Wildman–Crippen LogP) is -0.422. The molecule has 9 heavy (non-hydrogen) atoms. The summed E-state index contributed by atoms with van der Waals surface area (Å²) >= 11 is 0. The van der Waals surface area contributed by atoms with E-state index in [1.165, 1.54) is 26.2 Å². The standard InChI is InChI=1S/C6H12N2.FH/c1-5-2-8-4-6(5)3-7-1;/h5-8H,1-4H2;1H. The zero-order valence-corrected chi connectivity index (χ0v) is 5.39. The van der Waals surface area contributed by atoms with Crippen molar-refractivity contribution >= 4 is 0 Å². The number of nitrogens with one attached hydrogen (secondary N) is 2. The molecule has 0 aromatic rings. The van der Waals surface area contributed by atoms with E-state index in [2.05, 4.69) is 10.6 Å². The second-order valence-corrected chi connectivity index (χ2v) is 2.84. The highest BCUT2D eigenvalue weighted by Gasteiger charge is 2.30. The van der Waals surface area contributed by atoms with E-state index in [0.29, 0.717) is 0 Å². The largest absolute Gasteiger partial charge is 0.316 e. The third-order valence-corrected chi connectivity index (χ3v) is 2.29. The summed E-state index contributed by atoms with van der Waals surface area (Å²) in [5, 5.41) is 6.77. The van der Waals surface area contributed by atoms with Gasteiger partial charge in [-0.05, 0) is 38.0 Å². The molecule has 0 atom stereocenters. The first-order valence-electron chi connectivity index (χ1n) is 3.38. The second kappa shape index (κ2) is 2.62. The lowest BCUT2D eigenvalue weighted by molar-refractivity contribution is 0.533. The van der Waals surface area contributed by atoms with Crippen LogP contribution in [-0.2, 0) is 0 Å². The third-order valence-electron chi connectivity index (χ3n) is 2.29. The minimum atomic E-state index is 0. The van der Waals surface area contributed by atoms with Gasteiger partial charge in [0.15, 0.2) is 0 Å².